The van der Waals surface area contributed by atoms with Gasteiger partial charge in [-0.25, -0.2) is 9.97 Å². The van der Waals surface area contributed by atoms with Gasteiger partial charge in [0.15, 0.2) is 6.61 Å². The number of fused-ring (bicyclic) bond motifs is 1. The third-order valence-corrected chi connectivity index (χ3v) is 4.95. The van der Waals surface area contributed by atoms with Crippen LogP contribution in [0.5, 0.6) is 5.88 Å². The van der Waals surface area contributed by atoms with Crippen molar-refractivity contribution in [2.75, 3.05) is 6.61 Å². The molecule has 24 heavy (non-hydrogen) atoms. The number of halogens is 2. The van der Waals surface area contributed by atoms with Gasteiger partial charge >= 0.3 is 0 Å². The quantitative estimate of drug-likeness (QED) is 0.717. The number of carbonyl (C=O) groups is 1. The van der Waals surface area contributed by atoms with Crippen LogP contribution in [0.3, 0.4) is 0 Å². The summed E-state index contributed by atoms with van der Waals surface area (Å²) in [5.74, 6) is 0.147. The van der Waals surface area contributed by atoms with E-state index in [4.69, 9.17) is 27.9 Å². The van der Waals surface area contributed by atoms with Crippen molar-refractivity contribution in [1.29, 1.82) is 0 Å². The number of aromatic nitrogens is 2. The number of amides is 1. The maximum atomic E-state index is 12.1. The molecule has 1 amide bonds. The van der Waals surface area contributed by atoms with Crippen LogP contribution in [0, 0.1) is 0 Å². The van der Waals surface area contributed by atoms with Crippen molar-refractivity contribution in [3.05, 3.63) is 51.6 Å². The topological polar surface area (TPSA) is 64.1 Å². The molecule has 0 saturated carbocycles. The summed E-state index contributed by atoms with van der Waals surface area (Å²) in [6.45, 7) is 1.73. The minimum atomic E-state index is -0.254. The molecule has 0 spiro atoms. The van der Waals surface area contributed by atoms with E-state index in [0.717, 1.165) is 15.8 Å². The van der Waals surface area contributed by atoms with E-state index in [1.54, 1.807) is 12.1 Å². The van der Waals surface area contributed by atoms with Gasteiger partial charge in [-0.15, -0.1) is 11.3 Å². The van der Waals surface area contributed by atoms with Gasteiger partial charge in [0.25, 0.3) is 5.91 Å². The van der Waals surface area contributed by atoms with Crippen molar-refractivity contribution in [3.63, 3.8) is 0 Å². The van der Waals surface area contributed by atoms with Crippen LogP contribution in [0.4, 0.5) is 0 Å². The first kappa shape index (κ1) is 17.0. The monoisotopic (exact) mass is 381 g/mol. The maximum Gasteiger partial charge on any atom is 0.258 e. The maximum absolute atomic E-state index is 12.1. The van der Waals surface area contributed by atoms with Gasteiger partial charge in [-0.1, -0.05) is 29.3 Å². The number of thiophene rings is 1. The smallest absolute Gasteiger partial charge is 0.258 e. The predicted molar refractivity (Wildman–Crippen MR) is 95.9 cm³/mol. The number of nitrogens with zero attached hydrogens (tertiary/aromatic N) is 2. The summed E-state index contributed by atoms with van der Waals surface area (Å²) in [5, 5.41) is 6.48. The Labute approximate surface area is 152 Å². The molecule has 5 nitrogen and oxygen atoms in total. The molecule has 8 heteroatoms. The van der Waals surface area contributed by atoms with Gasteiger partial charge in [0.05, 0.1) is 21.5 Å². The lowest BCUT2D eigenvalue weighted by Crippen LogP contribution is -2.31. The molecule has 0 aliphatic heterocycles. The highest BCUT2D eigenvalue weighted by Gasteiger charge is 2.13. The summed E-state index contributed by atoms with van der Waals surface area (Å²) >= 11 is 13.4. The van der Waals surface area contributed by atoms with Gasteiger partial charge in [0.2, 0.25) is 5.88 Å². The molecule has 2 heterocycles. The molecule has 1 N–H and O–H groups in total. The van der Waals surface area contributed by atoms with Gasteiger partial charge in [-0.05, 0) is 36.1 Å². The first-order chi connectivity index (χ1) is 11.5. The van der Waals surface area contributed by atoms with Gasteiger partial charge in [0.1, 0.15) is 11.2 Å². The Kier molecular flexibility index (Phi) is 5.18. The summed E-state index contributed by atoms with van der Waals surface area (Å²) < 4.78 is 5.52. The first-order valence-corrected chi connectivity index (χ1v) is 8.73. The Morgan fingerprint density at radius 3 is 2.92 bits per heavy atom. The van der Waals surface area contributed by atoms with Crippen LogP contribution in [-0.2, 0) is 4.79 Å². The summed E-state index contributed by atoms with van der Waals surface area (Å²) in [6.07, 6.45) is 1.42. The minimum absolute atomic E-state index is 0.131. The number of nitrogens with one attached hydrogen (secondary N) is 1. The highest BCUT2D eigenvalue weighted by Crippen LogP contribution is 2.26. The van der Waals surface area contributed by atoms with Crippen LogP contribution >= 0.6 is 34.5 Å². The zero-order chi connectivity index (χ0) is 17.1. The second-order valence-corrected chi connectivity index (χ2v) is 6.78. The van der Waals surface area contributed by atoms with Crippen LogP contribution in [-0.4, -0.2) is 22.5 Å². The van der Waals surface area contributed by atoms with Crippen molar-refractivity contribution < 1.29 is 9.53 Å². The lowest BCUT2D eigenvalue weighted by atomic mass is 10.1. The Bertz CT molecular complexity index is 885. The minimum Gasteiger partial charge on any atom is -0.467 e. The Hall–Kier alpha value is -1.89. The van der Waals surface area contributed by atoms with E-state index < -0.39 is 0 Å². The molecule has 0 aliphatic rings. The molecule has 0 fully saturated rings. The Morgan fingerprint density at radius 2 is 2.12 bits per heavy atom. The first-order valence-electron chi connectivity index (χ1n) is 7.10. The van der Waals surface area contributed by atoms with Crippen molar-refractivity contribution in [3.8, 4) is 5.88 Å². The fraction of sp³-hybridized carbons (Fsp3) is 0.188. The van der Waals surface area contributed by atoms with Gasteiger partial charge in [0, 0.05) is 0 Å². The molecule has 0 bridgehead atoms. The number of benzene rings is 1. The van der Waals surface area contributed by atoms with E-state index in [9.17, 15) is 4.79 Å². The van der Waals surface area contributed by atoms with Crippen LogP contribution in [0.15, 0.2) is 36.0 Å². The van der Waals surface area contributed by atoms with E-state index in [2.05, 4.69) is 15.3 Å². The normalized spacial score (nSPS) is 12.1. The summed E-state index contributed by atoms with van der Waals surface area (Å²) in [4.78, 5) is 21.1. The zero-order valence-electron chi connectivity index (χ0n) is 12.6. The molecule has 0 aliphatic carbocycles. The molecule has 0 saturated heterocycles. The number of ether oxygens (including phenoxy) is 1. The molecular weight excluding hydrogens is 369 g/mol. The van der Waals surface area contributed by atoms with E-state index in [-0.39, 0.29) is 18.6 Å². The SMILES string of the molecule is CC(NC(=O)COc1ncnc2sccc12)c1ccc(Cl)c(Cl)c1. The second-order valence-electron chi connectivity index (χ2n) is 5.07. The van der Waals surface area contributed by atoms with E-state index >= 15 is 0 Å². The standard InChI is InChI=1S/C16H13Cl2N3O2S/c1-9(10-2-3-12(17)13(18)6-10)21-14(22)7-23-15-11-4-5-24-16(11)20-8-19-15/h2-6,8-9H,7H2,1H3,(H,21,22). The second kappa shape index (κ2) is 7.34. The third-order valence-electron chi connectivity index (χ3n) is 3.39. The molecule has 3 rings (SSSR count). The van der Waals surface area contributed by atoms with Crippen molar-refractivity contribution in [2.45, 2.75) is 13.0 Å². The summed E-state index contributed by atoms with van der Waals surface area (Å²) in [7, 11) is 0. The van der Waals surface area contributed by atoms with E-state index in [1.807, 2.05) is 24.4 Å². The number of hydrogen-bond acceptors (Lipinski definition) is 5. The summed E-state index contributed by atoms with van der Waals surface area (Å²) in [6, 6.07) is 6.90. The predicted octanol–water partition coefficient (Wildman–Crippen LogP) is 4.25. The zero-order valence-corrected chi connectivity index (χ0v) is 15.0. The lowest BCUT2D eigenvalue weighted by molar-refractivity contribution is -0.123. The van der Waals surface area contributed by atoms with E-state index in [0.29, 0.717) is 15.9 Å². The average Bonchev–Trinajstić information content (AvgIpc) is 3.04. The Balaban J connectivity index is 1.61. The van der Waals surface area contributed by atoms with Crippen molar-refractivity contribution in [1.82, 2.24) is 15.3 Å². The van der Waals surface area contributed by atoms with Gasteiger partial charge in [-0.2, -0.15) is 0 Å². The molecule has 0 radical (unpaired) electrons. The molecular formula is C16H13Cl2N3O2S. The molecule has 124 valence electrons. The van der Waals surface area contributed by atoms with Gasteiger partial charge in [-0.3, -0.25) is 4.79 Å². The molecule has 2 aromatic heterocycles. The molecule has 1 atom stereocenters. The number of rotatable bonds is 5. The third kappa shape index (κ3) is 3.77. The largest absolute Gasteiger partial charge is 0.467 e. The number of hydrogen-bond donors (Lipinski definition) is 1. The van der Waals surface area contributed by atoms with Crippen molar-refractivity contribution >= 4 is 50.7 Å². The van der Waals surface area contributed by atoms with Crippen molar-refractivity contribution in [2.24, 2.45) is 0 Å². The van der Waals surface area contributed by atoms with Crippen LogP contribution in [0.1, 0.15) is 18.5 Å². The van der Waals surface area contributed by atoms with Crippen LogP contribution < -0.4 is 10.1 Å². The molecule has 1 unspecified atom stereocenters. The fourth-order valence-electron chi connectivity index (χ4n) is 2.16. The molecule has 1 aromatic carbocycles. The summed E-state index contributed by atoms with van der Waals surface area (Å²) in [5.41, 5.74) is 0.861. The van der Waals surface area contributed by atoms with Gasteiger partial charge < -0.3 is 10.1 Å². The van der Waals surface area contributed by atoms with E-state index in [1.165, 1.54) is 17.7 Å². The molecule has 3 aromatic rings. The van der Waals surface area contributed by atoms with Crippen LogP contribution in [0.2, 0.25) is 10.0 Å². The highest BCUT2D eigenvalue weighted by atomic mass is 35.5. The van der Waals surface area contributed by atoms with Crippen LogP contribution in [0.25, 0.3) is 10.2 Å². The average molecular weight is 382 g/mol. The number of carbonyl (C=O) groups excluding carboxylic acids is 1. The lowest BCUT2D eigenvalue weighted by Gasteiger charge is -2.15. The highest BCUT2D eigenvalue weighted by molar-refractivity contribution is 7.16. The Morgan fingerprint density at radius 1 is 1.29 bits per heavy atom. The fourth-order valence-corrected chi connectivity index (χ4v) is 3.19.